The SMILES string of the molecule is COc1cccc(NC(=O)Cc2nnc(SCC(=O)NC3CCCCC3C)n2C)c1. The first kappa shape index (κ1) is 22.1. The van der Waals surface area contributed by atoms with Crippen LogP contribution in [0, 0.1) is 5.92 Å². The van der Waals surface area contributed by atoms with Gasteiger partial charge in [0, 0.05) is 24.8 Å². The van der Waals surface area contributed by atoms with Crippen LogP contribution in [0.3, 0.4) is 0 Å². The number of amides is 2. The van der Waals surface area contributed by atoms with E-state index in [0.717, 1.165) is 6.42 Å². The van der Waals surface area contributed by atoms with Gasteiger partial charge in [0.2, 0.25) is 11.8 Å². The molecular formula is C21H29N5O3S. The van der Waals surface area contributed by atoms with Gasteiger partial charge in [-0.05, 0) is 30.9 Å². The van der Waals surface area contributed by atoms with E-state index in [0.29, 0.717) is 28.3 Å². The van der Waals surface area contributed by atoms with Crippen LogP contribution in [0.4, 0.5) is 5.69 Å². The fraction of sp³-hybridized carbons (Fsp3) is 0.524. The van der Waals surface area contributed by atoms with Crippen molar-refractivity contribution in [2.45, 2.75) is 50.2 Å². The minimum Gasteiger partial charge on any atom is -0.497 e. The van der Waals surface area contributed by atoms with Gasteiger partial charge in [-0.1, -0.05) is 37.6 Å². The number of ether oxygens (including phenoxy) is 1. The topological polar surface area (TPSA) is 98.1 Å². The largest absolute Gasteiger partial charge is 0.497 e. The van der Waals surface area contributed by atoms with E-state index in [4.69, 9.17) is 4.74 Å². The molecule has 0 saturated heterocycles. The maximum atomic E-state index is 12.4. The zero-order chi connectivity index (χ0) is 21.5. The molecule has 9 heteroatoms. The molecule has 1 aliphatic carbocycles. The zero-order valence-corrected chi connectivity index (χ0v) is 18.5. The first-order chi connectivity index (χ1) is 14.5. The number of methoxy groups -OCH3 is 1. The number of aromatic nitrogens is 3. The monoisotopic (exact) mass is 431 g/mol. The van der Waals surface area contributed by atoms with Crippen molar-refractivity contribution in [1.29, 1.82) is 0 Å². The summed E-state index contributed by atoms with van der Waals surface area (Å²) >= 11 is 1.33. The molecule has 2 aromatic rings. The molecule has 2 unspecified atom stereocenters. The number of nitrogens with one attached hydrogen (secondary N) is 2. The number of rotatable bonds is 8. The highest BCUT2D eigenvalue weighted by atomic mass is 32.2. The summed E-state index contributed by atoms with van der Waals surface area (Å²) in [7, 11) is 3.38. The van der Waals surface area contributed by atoms with E-state index in [1.807, 2.05) is 12.1 Å². The molecule has 1 heterocycles. The Labute approximate surface area is 181 Å². The highest BCUT2D eigenvalue weighted by Gasteiger charge is 2.23. The number of hydrogen-bond acceptors (Lipinski definition) is 6. The van der Waals surface area contributed by atoms with Crippen LogP contribution < -0.4 is 15.4 Å². The molecule has 1 aromatic carbocycles. The normalized spacial score (nSPS) is 18.6. The summed E-state index contributed by atoms with van der Waals surface area (Å²) in [6.45, 7) is 2.20. The maximum absolute atomic E-state index is 12.4. The van der Waals surface area contributed by atoms with Gasteiger partial charge in [-0.3, -0.25) is 9.59 Å². The van der Waals surface area contributed by atoms with Crippen LogP contribution in [0.15, 0.2) is 29.4 Å². The molecule has 1 aromatic heterocycles. The van der Waals surface area contributed by atoms with Gasteiger partial charge >= 0.3 is 0 Å². The van der Waals surface area contributed by atoms with Crippen LogP contribution in [-0.2, 0) is 23.1 Å². The standard InChI is InChI=1S/C21H29N5O3S/c1-14-7-4-5-10-17(14)23-20(28)13-30-21-25-24-18(26(21)2)12-19(27)22-15-8-6-9-16(11-15)29-3/h6,8-9,11,14,17H,4-5,7,10,12-13H2,1-3H3,(H,22,27)(H,23,28). The van der Waals surface area contributed by atoms with Gasteiger partial charge in [-0.25, -0.2) is 0 Å². The summed E-state index contributed by atoms with van der Waals surface area (Å²) in [4.78, 5) is 24.7. The van der Waals surface area contributed by atoms with Gasteiger partial charge in [-0.2, -0.15) is 0 Å². The van der Waals surface area contributed by atoms with Crippen molar-refractivity contribution in [3.8, 4) is 5.75 Å². The van der Waals surface area contributed by atoms with Gasteiger partial charge in [0.1, 0.15) is 11.6 Å². The predicted octanol–water partition coefficient (Wildman–Crippen LogP) is 2.79. The molecule has 2 atom stereocenters. The van der Waals surface area contributed by atoms with Crippen LogP contribution >= 0.6 is 11.8 Å². The third-order valence-electron chi connectivity index (χ3n) is 5.39. The first-order valence-electron chi connectivity index (χ1n) is 10.2. The van der Waals surface area contributed by atoms with Gasteiger partial charge in [0.05, 0.1) is 19.3 Å². The molecule has 1 fully saturated rings. The molecule has 2 amide bonds. The molecule has 0 bridgehead atoms. The fourth-order valence-corrected chi connectivity index (χ4v) is 4.32. The Bertz CT molecular complexity index is 885. The molecule has 3 rings (SSSR count). The smallest absolute Gasteiger partial charge is 0.232 e. The minimum absolute atomic E-state index is 0.0130. The predicted molar refractivity (Wildman–Crippen MR) is 117 cm³/mol. The van der Waals surface area contributed by atoms with Crippen molar-refractivity contribution in [3.63, 3.8) is 0 Å². The Balaban J connectivity index is 1.50. The molecule has 0 spiro atoms. The molecule has 0 aliphatic heterocycles. The third kappa shape index (κ3) is 5.98. The summed E-state index contributed by atoms with van der Waals surface area (Å²) in [5.74, 6) is 1.84. The Morgan fingerprint density at radius 1 is 1.23 bits per heavy atom. The minimum atomic E-state index is -0.195. The van der Waals surface area contributed by atoms with Crippen LogP contribution in [0.25, 0.3) is 0 Å². The van der Waals surface area contributed by atoms with Crippen molar-refractivity contribution in [2.24, 2.45) is 13.0 Å². The van der Waals surface area contributed by atoms with Crippen LogP contribution in [-0.4, -0.2) is 45.5 Å². The molecule has 30 heavy (non-hydrogen) atoms. The van der Waals surface area contributed by atoms with E-state index in [2.05, 4.69) is 27.8 Å². The Morgan fingerprint density at radius 3 is 2.80 bits per heavy atom. The second-order valence-electron chi connectivity index (χ2n) is 7.64. The molecule has 8 nitrogen and oxygen atoms in total. The Kier molecular flexibility index (Phi) is 7.73. The van der Waals surface area contributed by atoms with Crippen LogP contribution in [0.5, 0.6) is 5.75 Å². The third-order valence-corrected chi connectivity index (χ3v) is 6.41. The van der Waals surface area contributed by atoms with Crippen LogP contribution in [0.1, 0.15) is 38.4 Å². The Hall–Kier alpha value is -2.55. The second kappa shape index (κ2) is 10.5. The lowest BCUT2D eigenvalue weighted by atomic mass is 9.86. The first-order valence-corrected chi connectivity index (χ1v) is 11.2. The fourth-order valence-electron chi connectivity index (χ4n) is 3.58. The van der Waals surface area contributed by atoms with E-state index in [1.165, 1.54) is 31.0 Å². The van der Waals surface area contributed by atoms with Gasteiger partial charge < -0.3 is 19.9 Å². The molecule has 1 saturated carbocycles. The number of nitrogens with zero attached hydrogens (tertiary/aromatic N) is 3. The molecule has 0 radical (unpaired) electrons. The lowest BCUT2D eigenvalue weighted by Crippen LogP contribution is -2.41. The number of carbonyl (C=O) groups is 2. The average Bonchev–Trinajstić information content (AvgIpc) is 3.07. The quantitative estimate of drug-likeness (QED) is 0.624. The van der Waals surface area contributed by atoms with Crippen molar-refractivity contribution in [3.05, 3.63) is 30.1 Å². The summed E-state index contributed by atoms with van der Waals surface area (Å²) in [5.41, 5.74) is 0.657. The number of anilines is 1. The molecular weight excluding hydrogens is 402 g/mol. The van der Waals surface area contributed by atoms with Crippen LogP contribution in [0.2, 0.25) is 0 Å². The van der Waals surface area contributed by atoms with Gasteiger partial charge in [0.15, 0.2) is 5.16 Å². The number of benzene rings is 1. The highest BCUT2D eigenvalue weighted by molar-refractivity contribution is 7.99. The lowest BCUT2D eigenvalue weighted by Gasteiger charge is -2.29. The highest BCUT2D eigenvalue weighted by Crippen LogP contribution is 2.24. The number of hydrogen-bond donors (Lipinski definition) is 2. The zero-order valence-electron chi connectivity index (χ0n) is 17.7. The summed E-state index contributed by atoms with van der Waals surface area (Å²) in [6.07, 6.45) is 4.73. The molecule has 162 valence electrons. The maximum Gasteiger partial charge on any atom is 0.232 e. The second-order valence-corrected chi connectivity index (χ2v) is 8.58. The lowest BCUT2D eigenvalue weighted by molar-refractivity contribution is -0.120. The summed E-state index contributed by atoms with van der Waals surface area (Å²) in [6, 6.07) is 7.44. The van der Waals surface area contributed by atoms with E-state index >= 15 is 0 Å². The number of thioether (sulfide) groups is 1. The Morgan fingerprint density at radius 2 is 2.03 bits per heavy atom. The van der Waals surface area contributed by atoms with Crippen molar-refractivity contribution >= 4 is 29.3 Å². The van der Waals surface area contributed by atoms with Crippen molar-refractivity contribution in [2.75, 3.05) is 18.2 Å². The number of carbonyl (C=O) groups excluding carboxylic acids is 2. The van der Waals surface area contributed by atoms with Crippen molar-refractivity contribution in [1.82, 2.24) is 20.1 Å². The molecule has 1 aliphatic rings. The summed E-state index contributed by atoms with van der Waals surface area (Å²) in [5, 5.41) is 14.8. The van der Waals surface area contributed by atoms with Gasteiger partial charge in [-0.15, -0.1) is 10.2 Å². The molecule has 2 N–H and O–H groups in total. The average molecular weight is 432 g/mol. The van der Waals surface area contributed by atoms with E-state index in [-0.39, 0.29) is 30.0 Å². The van der Waals surface area contributed by atoms with Gasteiger partial charge in [0.25, 0.3) is 0 Å². The summed E-state index contributed by atoms with van der Waals surface area (Å²) < 4.78 is 6.92. The van der Waals surface area contributed by atoms with E-state index in [9.17, 15) is 9.59 Å². The van der Waals surface area contributed by atoms with E-state index < -0.39 is 0 Å². The van der Waals surface area contributed by atoms with E-state index in [1.54, 1.807) is 30.9 Å². The van der Waals surface area contributed by atoms with Crippen molar-refractivity contribution < 1.29 is 14.3 Å².